The molecule has 0 saturated heterocycles. The minimum Gasteiger partial charge on any atom is -0.497 e. The largest absolute Gasteiger partial charge is 0.497 e. The molecular formula is C22H26ClN3O3. The highest BCUT2D eigenvalue weighted by Gasteiger charge is 2.27. The lowest BCUT2D eigenvalue weighted by Crippen LogP contribution is -2.38. The van der Waals surface area contributed by atoms with E-state index in [1.54, 1.807) is 32.4 Å². The zero-order valence-electron chi connectivity index (χ0n) is 16.6. The molecule has 2 atom stereocenters. The normalized spacial score (nSPS) is 18.7. The van der Waals surface area contributed by atoms with Gasteiger partial charge in [-0.05, 0) is 43.5 Å². The Morgan fingerprint density at radius 1 is 1.10 bits per heavy atom. The van der Waals surface area contributed by atoms with E-state index in [0.29, 0.717) is 23.0 Å². The molecule has 0 unspecified atom stereocenters. The van der Waals surface area contributed by atoms with Crippen molar-refractivity contribution in [2.75, 3.05) is 14.2 Å². The van der Waals surface area contributed by atoms with Crippen molar-refractivity contribution in [2.45, 2.75) is 37.6 Å². The zero-order valence-corrected chi connectivity index (χ0v) is 17.4. The first-order valence-corrected chi connectivity index (χ1v) is 9.65. The number of methoxy groups -OCH3 is 2. The van der Waals surface area contributed by atoms with E-state index in [4.69, 9.17) is 14.5 Å². The summed E-state index contributed by atoms with van der Waals surface area (Å²) in [6, 6.07) is 13.4. The predicted molar refractivity (Wildman–Crippen MR) is 115 cm³/mol. The fourth-order valence-corrected chi connectivity index (χ4v) is 3.94. The van der Waals surface area contributed by atoms with Gasteiger partial charge in [0.1, 0.15) is 17.3 Å². The van der Waals surface area contributed by atoms with Crippen molar-refractivity contribution >= 4 is 29.3 Å². The van der Waals surface area contributed by atoms with Crippen molar-refractivity contribution in [1.82, 2.24) is 15.3 Å². The van der Waals surface area contributed by atoms with Crippen LogP contribution < -0.4 is 14.8 Å². The molecule has 2 N–H and O–H groups in total. The van der Waals surface area contributed by atoms with Gasteiger partial charge in [0.15, 0.2) is 0 Å². The second kappa shape index (κ2) is 9.18. The SMILES string of the molecule is COc1cc(OC)cc(C(=O)N[C@@H]2CCC[C@H](c3nc4ccccc4[nH]3)C2)c1.Cl. The number of hydrogen-bond donors (Lipinski definition) is 2. The summed E-state index contributed by atoms with van der Waals surface area (Å²) in [6.07, 6.45) is 4.00. The summed E-state index contributed by atoms with van der Waals surface area (Å²) in [5, 5.41) is 3.18. The molecule has 0 radical (unpaired) electrons. The number of nitrogens with zero attached hydrogens (tertiary/aromatic N) is 1. The first-order chi connectivity index (χ1) is 13.7. The Balaban J connectivity index is 0.00000240. The number of H-pyrrole nitrogens is 1. The zero-order chi connectivity index (χ0) is 19.5. The molecule has 3 aromatic rings. The van der Waals surface area contributed by atoms with E-state index in [9.17, 15) is 4.79 Å². The number of para-hydroxylation sites is 2. The van der Waals surface area contributed by atoms with Crippen molar-refractivity contribution in [1.29, 1.82) is 0 Å². The summed E-state index contributed by atoms with van der Waals surface area (Å²) < 4.78 is 10.5. The molecule has 2 aromatic carbocycles. The summed E-state index contributed by atoms with van der Waals surface area (Å²) >= 11 is 0. The number of amides is 1. The molecular weight excluding hydrogens is 390 g/mol. The lowest BCUT2D eigenvalue weighted by atomic mass is 9.85. The van der Waals surface area contributed by atoms with Crippen LogP contribution in [0.4, 0.5) is 0 Å². The molecule has 6 nitrogen and oxygen atoms in total. The maximum atomic E-state index is 12.8. The van der Waals surface area contributed by atoms with E-state index in [2.05, 4.69) is 10.3 Å². The maximum Gasteiger partial charge on any atom is 0.251 e. The number of rotatable bonds is 5. The molecule has 4 rings (SSSR count). The minimum absolute atomic E-state index is 0. The van der Waals surface area contributed by atoms with Crippen LogP contribution >= 0.6 is 12.4 Å². The molecule has 1 amide bonds. The summed E-state index contributed by atoms with van der Waals surface area (Å²) in [5.74, 6) is 2.45. The van der Waals surface area contributed by atoms with Gasteiger partial charge >= 0.3 is 0 Å². The highest BCUT2D eigenvalue weighted by Crippen LogP contribution is 2.32. The van der Waals surface area contributed by atoms with Crippen molar-refractivity contribution < 1.29 is 14.3 Å². The molecule has 0 spiro atoms. The molecule has 1 heterocycles. The van der Waals surface area contributed by atoms with Gasteiger partial charge in [-0.1, -0.05) is 18.6 Å². The number of carbonyl (C=O) groups is 1. The van der Waals surface area contributed by atoms with Crippen LogP contribution in [0.15, 0.2) is 42.5 Å². The number of aromatic nitrogens is 2. The van der Waals surface area contributed by atoms with E-state index in [0.717, 1.165) is 42.5 Å². The average Bonchev–Trinajstić information content (AvgIpc) is 3.18. The third kappa shape index (κ3) is 4.65. The lowest BCUT2D eigenvalue weighted by Gasteiger charge is -2.28. The van der Waals surface area contributed by atoms with Crippen LogP contribution in [0.5, 0.6) is 11.5 Å². The number of halogens is 1. The first-order valence-electron chi connectivity index (χ1n) is 9.65. The number of ether oxygens (including phenoxy) is 2. The molecule has 29 heavy (non-hydrogen) atoms. The van der Waals surface area contributed by atoms with E-state index in [1.807, 2.05) is 24.3 Å². The van der Waals surface area contributed by atoms with Gasteiger partial charge in [-0.15, -0.1) is 12.4 Å². The van der Waals surface area contributed by atoms with Gasteiger partial charge in [0.25, 0.3) is 5.91 Å². The molecule has 7 heteroatoms. The van der Waals surface area contributed by atoms with E-state index in [1.165, 1.54) is 0 Å². The highest BCUT2D eigenvalue weighted by molar-refractivity contribution is 5.95. The Morgan fingerprint density at radius 3 is 2.52 bits per heavy atom. The molecule has 1 aromatic heterocycles. The number of fused-ring (bicyclic) bond motifs is 1. The van der Waals surface area contributed by atoms with Crippen LogP contribution in [0.25, 0.3) is 11.0 Å². The van der Waals surface area contributed by atoms with Crippen molar-refractivity contribution in [3.63, 3.8) is 0 Å². The standard InChI is InChI=1S/C22H25N3O3.ClH/c1-27-17-11-15(12-18(13-17)28-2)22(26)23-16-7-5-6-14(10-16)21-24-19-8-3-4-9-20(19)25-21;/h3-4,8-9,11-14,16H,5-7,10H2,1-2H3,(H,23,26)(H,24,25);1H/t14-,16+;/m0./s1. The Morgan fingerprint density at radius 2 is 1.83 bits per heavy atom. The topological polar surface area (TPSA) is 76.2 Å². The van der Waals surface area contributed by atoms with Gasteiger partial charge in [-0.2, -0.15) is 0 Å². The van der Waals surface area contributed by atoms with Gasteiger partial charge in [-0.3, -0.25) is 4.79 Å². The second-order valence-electron chi connectivity index (χ2n) is 7.27. The van der Waals surface area contributed by atoms with E-state index < -0.39 is 0 Å². The van der Waals surface area contributed by atoms with Crippen molar-refractivity contribution in [2.24, 2.45) is 0 Å². The molecule has 0 aliphatic heterocycles. The molecule has 1 fully saturated rings. The van der Waals surface area contributed by atoms with Crippen molar-refractivity contribution in [3.05, 3.63) is 53.9 Å². The monoisotopic (exact) mass is 415 g/mol. The van der Waals surface area contributed by atoms with Gasteiger partial charge in [0.2, 0.25) is 0 Å². The van der Waals surface area contributed by atoms with Crippen LogP contribution in [0.2, 0.25) is 0 Å². The van der Waals surface area contributed by atoms with Gasteiger partial charge in [-0.25, -0.2) is 4.98 Å². The van der Waals surface area contributed by atoms with E-state index >= 15 is 0 Å². The van der Waals surface area contributed by atoms with Gasteiger partial charge < -0.3 is 19.8 Å². The van der Waals surface area contributed by atoms with E-state index in [-0.39, 0.29) is 24.4 Å². The maximum absolute atomic E-state index is 12.8. The molecule has 0 bridgehead atoms. The van der Waals surface area contributed by atoms with Gasteiger partial charge in [0.05, 0.1) is 25.3 Å². The number of nitrogens with one attached hydrogen (secondary N) is 2. The number of aromatic amines is 1. The molecule has 1 aliphatic carbocycles. The fraction of sp³-hybridized carbons (Fsp3) is 0.364. The van der Waals surface area contributed by atoms with Crippen LogP contribution in [-0.2, 0) is 0 Å². The molecule has 154 valence electrons. The Bertz CT molecular complexity index is 933. The number of imidazole rings is 1. The molecule has 1 saturated carbocycles. The Labute approximate surface area is 176 Å². The number of hydrogen-bond acceptors (Lipinski definition) is 4. The fourth-order valence-electron chi connectivity index (χ4n) is 3.94. The molecule has 1 aliphatic rings. The third-order valence-corrected chi connectivity index (χ3v) is 5.42. The summed E-state index contributed by atoms with van der Waals surface area (Å²) in [5.41, 5.74) is 2.60. The third-order valence-electron chi connectivity index (χ3n) is 5.42. The first kappa shape index (κ1) is 21.0. The Kier molecular flexibility index (Phi) is 6.64. The Hall–Kier alpha value is -2.73. The summed E-state index contributed by atoms with van der Waals surface area (Å²) in [6.45, 7) is 0. The summed E-state index contributed by atoms with van der Waals surface area (Å²) in [7, 11) is 3.16. The lowest BCUT2D eigenvalue weighted by molar-refractivity contribution is 0.0924. The smallest absolute Gasteiger partial charge is 0.251 e. The van der Waals surface area contributed by atoms with Crippen molar-refractivity contribution in [3.8, 4) is 11.5 Å². The second-order valence-corrected chi connectivity index (χ2v) is 7.27. The number of benzene rings is 2. The van der Waals surface area contributed by atoms with Crippen LogP contribution in [0.3, 0.4) is 0 Å². The average molecular weight is 416 g/mol. The van der Waals surface area contributed by atoms with Crippen LogP contribution in [0.1, 0.15) is 47.8 Å². The van der Waals surface area contributed by atoms with Crippen LogP contribution in [0, 0.1) is 0 Å². The van der Waals surface area contributed by atoms with Gasteiger partial charge in [0, 0.05) is 23.6 Å². The highest BCUT2D eigenvalue weighted by atomic mass is 35.5. The van der Waals surface area contributed by atoms with Crippen LogP contribution in [-0.4, -0.2) is 36.1 Å². The quantitative estimate of drug-likeness (QED) is 0.645. The summed E-state index contributed by atoms with van der Waals surface area (Å²) in [4.78, 5) is 21.0. The predicted octanol–water partition coefficient (Wildman–Crippen LogP) is 4.46. The minimum atomic E-state index is -0.104. The number of carbonyl (C=O) groups excluding carboxylic acids is 1.